The fourth-order valence-electron chi connectivity index (χ4n) is 2.78. The Morgan fingerprint density at radius 2 is 1.80 bits per heavy atom. The second kappa shape index (κ2) is 6.37. The summed E-state index contributed by atoms with van der Waals surface area (Å²) in [5.74, 6) is 0.766. The van der Waals surface area contributed by atoms with Gasteiger partial charge in [0, 0.05) is 45.1 Å². The largest absolute Gasteiger partial charge is 0.381 e. The van der Waals surface area contributed by atoms with Crippen LogP contribution in [0.2, 0.25) is 0 Å². The Morgan fingerprint density at radius 3 is 2.40 bits per heavy atom. The van der Waals surface area contributed by atoms with E-state index in [9.17, 15) is 4.79 Å². The molecule has 0 bridgehead atoms. The van der Waals surface area contributed by atoms with Crippen molar-refractivity contribution in [3.05, 3.63) is 35.9 Å². The van der Waals surface area contributed by atoms with Gasteiger partial charge in [-0.3, -0.25) is 9.69 Å². The molecule has 2 fully saturated rings. The molecule has 0 saturated carbocycles. The number of ether oxygens (including phenoxy) is 1. The highest BCUT2D eigenvalue weighted by Crippen LogP contribution is 2.17. The summed E-state index contributed by atoms with van der Waals surface area (Å²) >= 11 is 0. The lowest BCUT2D eigenvalue weighted by atomic mass is 10.0. The number of carbonyl (C=O) groups is 1. The first-order valence-electron chi connectivity index (χ1n) is 7.43. The van der Waals surface area contributed by atoms with Crippen molar-refractivity contribution in [1.29, 1.82) is 0 Å². The van der Waals surface area contributed by atoms with Crippen LogP contribution in [-0.2, 0) is 16.1 Å². The Bertz CT molecular complexity index is 437. The monoisotopic (exact) mass is 274 g/mol. The maximum absolute atomic E-state index is 12.1. The van der Waals surface area contributed by atoms with Crippen LogP contribution in [0.3, 0.4) is 0 Å². The van der Waals surface area contributed by atoms with Gasteiger partial charge in [-0.15, -0.1) is 0 Å². The van der Waals surface area contributed by atoms with E-state index in [4.69, 9.17) is 4.74 Å². The minimum Gasteiger partial charge on any atom is -0.381 e. The molecule has 1 aromatic carbocycles. The first-order chi connectivity index (χ1) is 9.81. The molecule has 2 heterocycles. The van der Waals surface area contributed by atoms with Crippen LogP contribution in [0.15, 0.2) is 30.3 Å². The van der Waals surface area contributed by atoms with Gasteiger partial charge in [-0.2, -0.15) is 0 Å². The summed E-state index contributed by atoms with van der Waals surface area (Å²) in [6.45, 7) is 6.18. The van der Waals surface area contributed by atoms with Crippen LogP contribution < -0.4 is 0 Å². The molecule has 0 atom stereocenters. The van der Waals surface area contributed by atoms with E-state index in [-0.39, 0.29) is 0 Å². The van der Waals surface area contributed by atoms with Crippen LogP contribution >= 0.6 is 0 Å². The van der Waals surface area contributed by atoms with Gasteiger partial charge in [0.1, 0.15) is 0 Å². The van der Waals surface area contributed by atoms with E-state index >= 15 is 0 Å². The van der Waals surface area contributed by atoms with Crippen molar-refractivity contribution in [3.8, 4) is 0 Å². The quantitative estimate of drug-likeness (QED) is 0.831. The van der Waals surface area contributed by atoms with Gasteiger partial charge < -0.3 is 9.64 Å². The van der Waals surface area contributed by atoms with Crippen LogP contribution in [0, 0.1) is 5.92 Å². The van der Waals surface area contributed by atoms with E-state index in [0.29, 0.717) is 18.2 Å². The maximum Gasteiger partial charge on any atom is 0.223 e. The number of rotatable bonds is 4. The van der Waals surface area contributed by atoms with Gasteiger partial charge >= 0.3 is 0 Å². The zero-order valence-corrected chi connectivity index (χ0v) is 11.8. The SMILES string of the molecule is O=C(CC1COC1)N1CCN(Cc2ccccc2)CC1. The number of hydrogen-bond acceptors (Lipinski definition) is 3. The lowest BCUT2D eigenvalue weighted by molar-refractivity contribution is -0.138. The van der Waals surface area contributed by atoms with Gasteiger partial charge in [0.05, 0.1) is 13.2 Å². The topological polar surface area (TPSA) is 32.8 Å². The average Bonchev–Trinajstić information content (AvgIpc) is 2.44. The predicted molar refractivity (Wildman–Crippen MR) is 77.2 cm³/mol. The van der Waals surface area contributed by atoms with Crippen molar-refractivity contribution in [2.24, 2.45) is 5.92 Å². The third-order valence-corrected chi connectivity index (χ3v) is 4.14. The van der Waals surface area contributed by atoms with Crippen molar-refractivity contribution in [2.75, 3.05) is 39.4 Å². The number of hydrogen-bond donors (Lipinski definition) is 0. The molecule has 1 amide bonds. The van der Waals surface area contributed by atoms with Crippen molar-refractivity contribution in [2.45, 2.75) is 13.0 Å². The van der Waals surface area contributed by atoms with Gasteiger partial charge in [-0.05, 0) is 5.56 Å². The Morgan fingerprint density at radius 1 is 1.10 bits per heavy atom. The normalized spacial score (nSPS) is 20.7. The molecular formula is C16H22N2O2. The van der Waals surface area contributed by atoms with Crippen molar-refractivity contribution in [1.82, 2.24) is 9.80 Å². The summed E-state index contributed by atoms with van der Waals surface area (Å²) in [5, 5.41) is 0. The van der Waals surface area contributed by atoms with Crippen molar-refractivity contribution >= 4 is 5.91 Å². The molecular weight excluding hydrogens is 252 g/mol. The van der Waals surface area contributed by atoms with Gasteiger partial charge in [-0.25, -0.2) is 0 Å². The lowest BCUT2D eigenvalue weighted by Crippen LogP contribution is -2.49. The summed E-state index contributed by atoms with van der Waals surface area (Å²) in [5.41, 5.74) is 1.35. The first kappa shape index (κ1) is 13.6. The van der Waals surface area contributed by atoms with Crippen LogP contribution in [0.5, 0.6) is 0 Å². The molecule has 2 aliphatic heterocycles. The molecule has 0 aromatic heterocycles. The highest BCUT2D eigenvalue weighted by molar-refractivity contribution is 5.76. The summed E-state index contributed by atoms with van der Waals surface area (Å²) in [7, 11) is 0. The lowest BCUT2D eigenvalue weighted by Gasteiger charge is -2.36. The van der Waals surface area contributed by atoms with Crippen LogP contribution in [0.4, 0.5) is 0 Å². The summed E-state index contributed by atoms with van der Waals surface area (Å²) in [6.07, 6.45) is 0.665. The molecule has 0 spiro atoms. The molecule has 1 aromatic rings. The predicted octanol–water partition coefficient (Wildman–Crippen LogP) is 1.37. The summed E-state index contributed by atoms with van der Waals surface area (Å²) < 4.78 is 5.13. The number of benzene rings is 1. The number of nitrogens with zero attached hydrogens (tertiary/aromatic N) is 2. The van der Waals surface area contributed by atoms with E-state index in [1.165, 1.54) is 5.56 Å². The molecule has 4 nitrogen and oxygen atoms in total. The number of carbonyl (C=O) groups excluding carboxylic acids is 1. The van der Waals surface area contributed by atoms with Crippen LogP contribution in [0.1, 0.15) is 12.0 Å². The Balaban J connectivity index is 1.43. The second-order valence-corrected chi connectivity index (χ2v) is 5.75. The fourth-order valence-corrected chi connectivity index (χ4v) is 2.78. The first-order valence-corrected chi connectivity index (χ1v) is 7.43. The van der Waals surface area contributed by atoms with Gasteiger partial charge in [0.25, 0.3) is 0 Å². The molecule has 2 saturated heterocycles. The molecule has 108 valence electrons. The third-order valence-electron chi connectivity index (χ3n) is 4.14. The van der Waals surface area contributed by atoms with E-state index in [1.807, 2.05) is 11.0 Å². The highest BCUT2D eigenvalue weighted by atomic mass is 16.5. The molecule has 3 rings (SSSR count). The van der Waals surface area contributed by atoms with E-state index in [2.05, 4.69) is 29.2 Å². The molecule has 0 unspecified atom stereocenters. The minimum atomic E-state index is 0.303. The summed E-state index contributed by atoms with van der Waals surface area (Å²) in [4.78, 5) is 16.6. The third kappa shape index (κ3) is 3.38. The maximum atomic E-state index is 12.1. The number of piperazine rings is 1. The Labute approximate surface area is 120 Å². The molecule has 2 aliphatic rings. The second-order valence-electron chi connectivity index (χ2n) is 5.75. The van der Waals surface area contributed by atoms with Gasteiger partial charge in [-0.1, -0.05) is 30.3 Å². The minimum absolute atomic E-state index is 0.303. The molecule has 0 radical (unpaired) electrons. The van der Waals surface area contributed by atoms with E-state index in [0.717, 1.165) is 45.9 Å². The molecule has 20 heavy (non-hydrogen) atoms. The van der Waals surface area contributed by atoms with Crippen LogP contribution in [0.25, 0.3) is 0 Å². The Hall–Kier alpha value is -1.39. The fraction of sp³-hybridized carbons (Fsp3) is 0.562. The Kier molecular flexibility index (Phi) is 4.33. The number of amides is 1. The van der Waals surface area contributed by atoms with Crippen molar-refractivity contribution in [3.63, 3.8) is 0 Å². The summed E-state index contributed by atoms with van der Waals surface area (Å²) in [6, 6.07) is 10.5. The van der Waals surface area contributed by atoms with Crippen molar-refractivity contribution < 1.29 is 9.53 Å². The molecule has 0 aliphatic carbocycles. The zero-order valence-electron chi connectivity index (χ0n) is 11.8. The molecule has 0 N–H and O–H groups in total. The zero-order chi connectivity index (χ0) is 13.8. The standard InChI is InChI=1S/C16H22N2O2/c19-16(10-15-12-20-13-15)18-8-6-17(7-9-18)11-14-4-2-1-3-5-14/h1-5,15H,6-13H2. The average molecular weight is 274 g/mol. The molecule has 4 heteroatoms. The van der Waals surface area contributed by atoms with E-state index in [1.54, 1.807) is 0 Å². The highest BCUT2D eigenvalue weighted by Gasteiger charge is 2.26. The van der Waals surface area contributed by atoms with Gasteiger partial charge in [0.15, 0.2) is 0 Å². The van der Waals surface area contributed by atoms with Gasteiger partial charge in [0.2, 0.25) is 5.91 Å². The van der Waals surface area contributed by atoms with E-state index < -0.39 is 0 Å². The smallest absolute Gasteiger partial charge is 0.223 e. The van der Waals surface area contributed by atoms with Crippen LogP contribution in [-0.4, -0.2) is 55.1 Å².